The molecule has 23 heteroatoms. The number of halogens is 17. The maximum atomic E-state index is 14.5. The number of Topliss-reactive ketones (excluding diaryl/α,β-unsaturated/α-hetero) is 1. The van der Waals surface area contributed by atoms with Gasteiger partial charge >= 0.3 is 57.1 Å². The minimum atomic E-state index is -8.94. The van der Waals surface area contributed by atoms with Crippen molar-refractivity contribution in [3.8, 4) is 0 Å². The summed E-state index contributed by atoms with van der Waals surface area (Å²) in [6.07, 6.45) is -7.92. The Kier molecular flexibility index (Phi) is 10.3. The Morgan fingerprint density at radius 2 is 0.953 bits per heavy atom. The number of hydrogen-bond acceptors (Lipinski definition) is 4. The molecule has 0 saturated heterocycles. The average Bonchev–Trinajstić information content (AvgIpc) is 2.86. The SMILES string of the molecule is CCS(CC)(CC(=O)c1ccccc1)OS(=O)(=O)C(F)(F)C(F)(F)C(F)(F)C(F)(F)C(F)(F)C(F)(F)C(F)(F)C(F)(F)F. The van der Waals surface area contributed by atoms with Crippen LogP contribution >= 0.6 is 10.3 Å². The Morgan fingerprint density at radius 3 is 1.30 bits per heavy atom. The second kappa shape index (κ2) is 11.4. The van der Waals surface area contributed by atoms with Crippen LogP contribution in [-0.2, 0) is 13.7 Å². The molecule has 4 nitrogen and oxygen atoms in total. The lowest BCUT2D eigenvalue weighted by Crippen LogP contribution is -2.75. The molecule has 0 spiro atoms. The largest absolute Gasteiger partial charge is 0.460 e. The van der Waals surface area contributed by atoms with Crippen molar-refractivity contribution in [1.29, 1.82) is 0 Å². The molecule has 0 unspecified atom stereocenters. The first kappa shape index (κ1) is 39.0. The topological polar surface area (TPSA) is 60.4 Å². The summed E-state index contributed by atoms with van der Waals surface area (Å²) in [5, 5.41) is -7.80. The molecule has 0 atom stereocenters. The van der Waals surface area contributed by atoms with Crippen LogP contribution < -0.4 is 0 Å². The molecule has 1 aromatic rings. The number of carbonyl (C=O) groups excluding carboxylic acids is 1. The summed E-state index contributed by atoms with van der Waals surface area (Å²) in [6.45, 7) is 1.80. The minimum Gasteiger partial charge on any atom is -0.293 e. The van der Waals surface area contributed by atoms with Gasteiger partial charge in [-0.25, -0.2) is 3.63 Å². The molecule has 0 saturated carbocycles. The smallest absolute Gasteiger partial charge is 0.293 e. The lowest BCUT2D eigenvalue weighted by molar-refractivity contribution is -0.458. The van der Waals surface area contributed by atoms with Gasteiger partial charge in [0.25, 0.3) is 0 Å². The fourth-order valence-electron chi connectivity index (χ4n) is 3.01. The summed E-state index contributed by atoms with van der Waals surface area (Å²) >= 11 is 0. The maximum absolute atomic E-state index is 14.5. The number of rotatable bonds is 14. The van der Waals surface area contributed by atoms with E-state index in [-0.39, 0.29) is 5.56 Å². The van der Waals surface area contributed by atoms with Crippen LogP contribution in [0.3, 0.4) is 0 Å². The van der Waals surface area contributed by atoms with Crippen LogP contribution in [0.25, 0.3) is 0 Å². The van der Waals surface area contributed by atoms with Crippen LogP contribution in [0, 0.1) is 0 Å². The Bertz CT molecular complexity index is 1260. The van der Waals surface area contributed by atoms with E-state index in [1.165, 1.54) is 18.2 Å². The Hall–Kier alpha value is -2.04. The van der Waals surface area contributed by atoms with Crippen molar-refractivity contribution in [2.24, 2.45) is 0 Å². The van der Waals surface area contributed by atoms with E-state index in [2.05, 4.69) is 3.63 Å². The highest BCUT2D eigenvalue weighted by atomic mass is 32.3. The second-order valence-electron chi connectivity index (χ2n) is 8.46. The molecule has 0 fully saturated rings. The van der Waals surface area contributed by atoms with E-state index < -0.39 is 90.4 Å². The third kappa shape index (κ3) is 5.88. The maximum Gasteiger partial charge on any atom is 0.460 e. The molecule has 0 aliphatic heterocycles. The van der Waals surface area contributed by atoms with Crippen LogP contribution in [0.2, 0.25) is 0 Å². The van der Waals surface area contributed by atoms with Gasteiger partial charge in [-0.3, -0.25) is 4.79 Å². The van der Waals surface area contributed by atoms with E-state index in [1.807, 2.05) is 0 Å². The van der Waals surface area contributed by atoms with Gasteiger partial charge in [-0.1, -0.05) is 44.2 Å². The number of hydrogen-bond donors (Lipinski definition) is 0. The molecule has 1 rings (SSSR count). The van der Waals surface area contributed by atoms with E-state index in [0.717, 1.165) is 26.0 Å². The van der Waals surface area contributed by atoms with E-state index in [0.29, 0.717) is 0 Å². The van der Waals surface area contributed by atoms with Crippen molar-refractivity contribution < 1.29 is 91.5 Å². The van der Waals surface area contributed by atoms with Gasteiger partial charge in [0.2, 0.25) is 0 Å². The Labute approximate surface area is 232 Å². The van der Waals surface area contributed by atoms with E-state index >= 15 is 0 Å². The number of alkyl halides is 17. The number of benzene rings is 1. The minimum absolute atomic E-state index is 0.260. The highest BCUT2D eigenvalue weighted by Crippen LogP contribution is 2.65. The van der Waals surface area contributed by atoms with Crippen molar-refractivity contribution in [2.45, 2.75) is 60.8 Å². The summed E-state index contributed by atoms with van der Waals surface area (Å²) in [6, 6.07) is 5.99. The summed E-state index contributed by atoms with van der Waals surface area (Å²) < 4.78 is 258. The number of ketones is 1. The first-order valence-corrected chi connectivity index (χ1v) is 14.3. The summed E-state index contributed by atoms with van der Waals surface area (Å²) in [7, 11) is -11.7. The van der Waals surface area contributed by atoms with Crippen LogP contribution in [0.4, 0.5) is 74.6 Å². The van der Waals surface area contributed by atoms with Gasteiger partial charge in [-0.2, -0.15) is 83.1 Å². The third-order valence-electron chi connectivity index (χ3n) is 5.78. The normalized spacial score (nSPS) is 15.9. The van der Waals surface area contributed by atoms with Crippen LogP contribution in [-0.4, -0.2) is 78.4 Å². The van der Waals surface area contributed by atoms with Crippen molar-refractivity contribution in [2.75, 3.05) is 17.3 Å². The molecule has 0 N–H and O–H groups in total. The second-order valence-corrected chi connectivity index (χ2v) is 13.8. The van der Waals surface area contributed by atoms with Gasteiger partial charge in [0.05, 0.1) is 5.75 Å². The van der Waals surface area contributed by atoms with Crippen molar-refractivity contribution in [3.63, 3.8) is 0 Å². The van der Waals surface area contributed by atoms with Gasteiger partial charge < -0.3 is 0 Å². The zero-order valence-corrected chi connectivity index (χ0v) is 22.5. The van der Waals surface area contributed by atoms with E-state index in [4.69, 9.17) is 0 Å². The van der Waals surface area contributed by atoms with Crippen LogP contribution in [0.15, 0.2) is 30.3 Å². The Morgan fingerprint density at radius 1 is 0.605 bits per heavy atom. The predicted molar refractivity (Wildman–Crippen MR) is 115 cm³/mol. The van der Waals surface area contributed by atoms with Gasteiger partial charge in [0, 0.05) is 5.56 Å². The van der Waals surface area contributed by atoms with Crippen molar-refractivity contribution >= 4 is 26.2 Å². The Balaban J connectivity index is 3.70. The molecule has 0 bridgehead atoms. The molecular weight excluding hydrogens is 691 g/mol. The number of carbonyl (C=O) groups is 1. The average molecular weight is 708 g/mol. The summed E-state index contributed by atoms with van der Waals surface area (Å²) in [4.78, 5) is 12.5. The van der Waals surface area contributed by atoms with Gasteiger partial charge in [0.1, 0.15) is 0 Å². The molecule has 0 aromatic heterocycles. The molecular formula is C20H17F17O4S2. The summed E-state index contributed by atoms with van der Waals surface area (Å²) in [5.41, 5.74) is -0.260. The van der Waals surface area contributed by atoms with Gasteiger partial charge in [-0.15, -0.1) is 10.3 Å². The first-order chi connectivity index (χ1) is 18.8. The standard InChI is InChI=1S/C20H17F17O4S2/c1-3-42(4-2,10-12(38)11-8-6-5-7-9-11)41-43(39,40)20(36,37)18(31,32)16(27,28)14(23,24)13(21,22)15(25,26)17(29,30)19(33,34)35/h5-9H,3-4,10H2,1-2H3. The fraction of sp³-hybridized carbons (Fsp3) is 0.650. The highest BCUT2D eigenvalue weighted by molar-refractivity contribution is 8.33. The predicted octanol–water partition coefficient (Wildman–Crippen LogP) is 7.94. The van der Waals surface area contributed by atoms with Gasteiger partial charge in [0.15, 0.2) is 5.78 Å². The molecule has 0 amide bonds. The zero-order valence-electron chi connectivity index (χ0n) is 20.9. The van der Waals surface area contributed by atoms with Crippen molar-refractivity contribution in [3.05, 3.63) is 35.9 Å². The first-order valence-electron chi connectivity index (χ1n) is 10.8. The quantitative estimate of drug-likeness (QED) is 0.146. The lowest BCUT2D eigenvalue weighted by Gasteiger charge is -2.43. The highest BCUT2D eigenvalue weighted by Gasteiger charge is 2.96. The molecule has 252 valence electrons. The fourth-order valence-corrected chi connectivity index (χ4v) is 7.74. The van der Waals surface area contributed by atoms with E-state index in [1.54, 1.807) is 0 Å². The van der Waals surface area contributed by atoms with Crippen molar-refractivity contribution in [1.82, 2.24) is 0 Å². The van der Waals surface area contributed by atoms with Crippen LogP contribution in [0.1, 0.15) is 24.2 Å². The molecule has 0 radical (unpaired) electrons. The molecule has 0 heterocycles. The van der Waals surface area contributed by atoms with E-state index in [9.17, 15) is 87.8 Å². The zero-order chi connectivity index (χ0) is 34.5. The lowest BCUT2D eigenvalue weighted by atomic mass is 9.91. The van der Waals surface area contributed by atoms with Crippen LogP contribution in [0.5, 0.6) is 0 Å². The third-order valence-corrected chi connectivity index (χ3v) is 11.4. The molecule has 0 aliphatic carbocycles. The monoisotopic (exact) mass is 708 g/mol. The molecule has 0 aliphatic rings. The molecule has 43 heavy (non-hydrogen) atoms. The molecule has 1 aromatic carbocycles. The van der Waals surface area contributed by atoms with Gasteiger partial charge in [-0.05, 0) is 11.5 Å². The summed E-state index contributed by atoms with van der Waals surface area (Å²) in [5.74, 6) is -56.2.